The van der Waals surface area contributed by atoms with Crippen molar-refractivity contribution in [1.82, 2.24) is 14.8 Å². The number of rotatable bonds is 11. The second-order valence-corrected chi connectivity index (χ2v) is 9.91. The summed E-state index contributed by atoms with van der Waals surface area (Å²) in [6.07, 6.45) is -1.49. The van der Waals surface area contributed by atoms with Gasteiger partial charge in [-0.1, -0.05) is 11.6 Å². The Bertz CT molecular complexity index is 1610. The molecule has 3 aromatic rings. The third-order valence-corrected chi connectivity index (χ3v) is 7.28. The van der Waals surface area contributed by atoms with Crippen LogP contribution in [0.5, 0.6) is 23.1 Å². The molecule has 1 aromatic heterocycles. The normalized spacial score (nSPS) is 16.4. The molecule has 15 heteroatoms. The second-order valence-electron chi connectivity index (χ2n) is 9.50. The van der Waals surface area contributed by atoms with Crippen molar-refractivity contribution < 1.29 is 43.4 Å². The fourth-order valence-corrected chi connectivity index (χ4v) is 5.31. The minimum absolute atomic E-state index is 0.0673. The standard InChI is InChI=1S/C28H29ClN4O10/c1-6-42-26-18(9-15(33(38)39)10-21(26)41-5)27-31(3)28(37)14(2)32(27)23(34)13-43-22-12-19(29)16-7-8-20(40-4)17(11-24(35)36)25(16)30-22/h7-10,12,14,27H,6,11,13H2,1-5H3,(H,35,36)/t14-,27+/m0/s1. The molecule has 2 heterocycles. The zero-order valence-corrected chi connectivity index (χ0v) is 24.7. The topological polar surface area (TPSA) is 171 Å². The number of fused-ring (bicyclic) bond motifs is 1. The highest BCUT2D eigenvalue weighted by Gasteiger charge is 2.47. The highest BCUT2D eigenvalue weighted by molar-refractivity contribution is 6.35. The van der Waals surface area contributed by atoms with Gasteiger partial charge in [0, 0.05) is 35.7 Å². The molecule has 1 aliphatic heterocycles. The van der Waals surface area contributed by atoms with Crippen LogP contribution in [0.25, 0.3) is 10.9 Å². The number of carboxylic acids is 1. The van der Waals surface area contributed by atoms with Crippen LogP contribution in [-0.2, 0) is 20.8 Å². The molecule has 1 aliphatic rings. The van der Waals surface area contributed by atoms with Crippen molar-refractivity contribution in [3.05, 3.63) is 56.6 Å². The van der Waals surface area contributed by atoms with Gasteiger partial charge in [0.2, 0.25) is 11.8 Å². The quantitative estimate of drug-likeness (QED) is 0.246. The van der Waals surface area contributed by atoms with Crippen LogP contribution in [0.1, 0.15) is 31.1 Å². The number of ether oxygens (including phenoxy) is 4. The van der Waals surface area contributed by atoms with Gasteiger partial charge in [-0.15, -0.1) is 0 Å². The summed E-state index contributed by atoms with van der Waals surface area (Å²) in [6.45, 7) is 2.83. The number of nitro groups is 1. The van der Waals surface area contributed by atoms with Crippen LogP contribution in [-0.4, -0.2) is 83.1 Å². The molecule has 0 saturated carbocycles. The monoisotopic (exact) mass is 616 g/mol. The summed E-state index contributed by atoms with van der Waals surface area (Å²) >= 11 is 6.45. The number of pyridine rings is 1. The Hall–Kier alpha value is -4.85. The number of amides is 2. The van der Waals surface area contributed by atoms with Gasteiger partial charge in [-0.3, -0.25) is 24.5 Å². The lowest BCUT2D eigenvalue weighted by Gasteiger charge is -2.30. The van der Waals surface area contributed by atoms with E-state index in [9.17, 15) is 29.6 Å². The summed E-state index contributed by atoms with van der Waals surface area (Å²) in [5.74, 6) is -1.73. The summed E-state index contributed by atoms with van der Waals surface area (Å²) in [4.78, 5) is 56.3. The molecule has 2 aromatic carbocycles. The molecule has 0 bridgehead atoms. The van der Waals surface area contributed by atoms with Crippen LogP contribution in [0.3, 0.4) is 0 Å². The number of nitro benzene ring substituents is 1. The van der Waals surface area contributed by atoms with Crippen molar-refractivity contribution >= 4 is 46.0 Å². The fraction of sp³-hybridized carbons (Fsp3) is 0.357. The molecule has 0 aliphatic carbocycles. The number of methoxy groups -OCH3 is 2. The largest absolute Gasteiger partial charge is 0.496 e. The summed E-state index contributed by atoms with van der Waals surface area (Å²) in [5, 5.41) is 21.8. The first-order valence-electron chi connectivity index (χ1n) is 13.0. The summed E-state index contributed by atoms with van der Waals surface area (Å²) in [6, 6.07) is 6.08. The maximum absolute atomic E-state index is 13.7. The van der Waals surface area contributed by atoms with Crippen molar-refractivity contribution in [3.63, 3.8) is 0 Å². The van der Waals surface area contributed by atoms with Crippen LogP contribution >= 0.6 is 11.6 Å². The maximum atomic E-state index is 13.7. The van der Waals surface area contributed by atoms with Crippen molar-refractivity contribution in [3.8, 4) is 23.1 Å². The van der Waals surface area contributed by atoms with E-state index in [1.165, 1.54) is 56.2 Å². The van der Waals surface area contributed by atoms with Gasteiger partial charge in [-0.05, 0) is 26.0 Å². The average molecular weight is 617 g/mol. The van der Waals surface area contributed by atoms with Crippen LogP contribution < -0.4 is 18.9 Å². The first-order valence-corrected chi connectivity index (χ1v) is 13.4. The molecule has 0 unspecified atom stereocenters. The van der Waals surface area contributed by atoms with Gasteiger partial charge < -0.3 is 33.9 Å². The third-order valence-electron chi connectivity index (χ3n) is 6.97. The zero-order chi connectivity index (χ0) is 31.6. The van der Waals surface area contributed by atoms with Crippen molar-refractivity contribution in [2.45, 2.75) is 32.5 Å². The summed E-state index contributed by atoms with van der Waals surface area (Å²) in [5.41, 5.74) is 0.361. The van der Waals surface area contributed by atoms with E-state index in [4.69, 9.17) is 30.5 Å². The highest BCUT2D eigenvalue weighted by Crippen LogP contribution is 2.44. The molecule has 4 rings (SSSR count). The molecule has 1 saturated heterocycles. The number of hydrogen-bond acceptors (Lipinski definition) is 10. The Morgan fingerprint density at radius 3 is 2.44 bits per heavy atom. The smallest absolute Gasteiger partial charge is 0.308 e. The number of likely N-dealkylation sites (N-methyl/N-ethyl adjacent to an activating group) is 1. The molecule has 0 spiro atoms. The maximum Gasteiger partial charge on any atom is 0.308 e. The van der Waals surface area contributed by atoms with E-state index in [0.29, 0.717) is 11.1 Å². The Balaban J connectivity index is 1.72. The first kappa shape index (κ1) is 31.1. The van der Waals surface area contributed by atoms with E-state index < -0.39 is 47.9 Å². The number of hydrogen-bond donors (Lipinski definition) is 1. The molecule has 228 valence electrons. The Morgan fingerprint density at radius 1 is 1.14 bits per heavy atom. The molecule has 43 heavy (non-hydrogen) atoms. The number of carbonyl (C=O) groups excluding carboxylic acids is 2. The number of non-ortho nitro benzene ring substituents is 1. The van der Waals surface area contributed by atoms with E-state index in [-0.39, 0.29) is 51.3 Å². The van der Waals surface area contributed by atoms with Crippen LogP contribution in [0, 0.1) is 10.1 Å². The van der Waals surface area contributed by atoms with E-state index in [2.05, 4.69) is 4.98 Å². The van der Waals surface area contributed by atoms with Gasteiger partial charge in [-0.25, -0.2) is 4.98 Å². The number of aliphatic carboxylic acids is 1. The van der Waals surface area contributed by atoms with Gasteiger partial charge in [0.1, 0.15) is 18.0 Å². The van der Waals surface area contributed by atoms with Crippen LogP contribution in [0.15, 0.2) is 30.3 Å². The third kappa shape index (κ3) is 5.91. The minimum atomic E-state index is -1.11. The summed E-state index contributed by atoms with van der Waals surface area (Å²) in [7, 11) is 4.20. The molecule has 14 nitrogen and oxygen atoms in total. The van der Waals surface area contributed by atoms with Crippen LogP contribution in [0.4, 0.5) is 5.69 Å². The second kappa shape index (κ2) is 12.6. The number of carboxylic acid groups (broad SMARTS) is 1. The lowest BCUT2D eigenvalue weighted by Crippen LogP contribution is -2.41. The Morgan fingerprint density at radius 2 is 1.84 bits per heavy atom. The lowest BCUT2D eigenvalue weighted by atomic mass is 10.1. The van der Waals surface area contributed by atoms with E-state index in [1.54, 1.807) is 19.1 Å². The number of aromatic nitrogens is 1. The molecule has 2 amide bonds. The van der Waals surface area contributed by atoms with Crippen molar-refractivity contribution in [1.29, 1.82) is 0 Å². The number of nitrogens with zero attached hydrogens (tertiary/aromatic N) is 4. The van der Waals surface area contributed by atoms with Crippen LogP contribution in [0.2, 0.25) is 5.02 Å². The van der Waals surface area contributed by atoms with Crippen molar-refractivity contribution in [2.24, 2.45) is 0 Å². The van der Waals surface area contributed by atoms with E-state index >= 15 is 0 Å². The molecular weight excluding hydrogens is 588 g/mol. The predicted octanol–water partition coefficient (Wildman–Crippen LogP) is 3.61. The first-order chi connectivity index (χ1) is 20.4. The molecule has 1 fully saturated rings. The predicted molar refractivity (Wildman–Crippen MR) is 153 cm³/mol. The van der Waals surface area contributed by atoms with Gasteiger partial charge in [-0.2, -0.15) is 0 Å². The number of halogens is 1. The number of carbonyl (C=O) groups is 3. The lowest BCUT2D eigenvalue weighted by molar-refractivity contribution is -0.385. The van der Waals surface area contributed by atoms with Gasteiger partial charge in [0.05, 0.1) is 48.8 Å². The SMILES string of the molecule is CCOc1c(OC)cc([N+](=O)[O-])cc1[C@@H]1N(C)C(=O)[C@H](C)N1C(=O)COc1cc(Cl)c2ccc(OC)c(CC(=O)O)c2n1. The van der Waals surface area contributed by atoms with Crippen molar-refractivity contribution in [2.75, 3.05) is 34.5 Å². The van der Waals surface area contributed by atoms with Gasteiger partial charge >= 0.3 is 5.97 Å². The highest BCUT2D eigenvalue weighted by atomic mass is 35.5. The average Bonchev–Trinajstić information content (AvgIpc) is 3.19. The zero-order valence-electron chi connectivity index (χ0n) is 24.0. The Labute approximate surface area is 250 Å². The molecule has 2 atom stereocenters. The van der Waals surface area contributed by atoms with Gasteiger partial charge in [0.15, 0.2) is 18.1 Å². The summed E-state index contributed by atoms with van der Waals surface area (Å²) < 4.78 is 22.1. The van der Waals surface area contributed by atoms with E-state index in [0.717, 1.165) is 0 Å². The van der Waals surface area contributed by atoms with E-state index in [1.807, 2.05) is 0 Å². The molecule has 1 N–H and O–H groups in total. The molecular formula is C28H29ClN4O10. The number of benzene rings is 2. The Kier molecular flexibility index (Phi) is 9.09. The molecule has 0 radical (unpaired) electrons. The van der Waals surface area contributed by atoms with Gasteiger partial charge in [0.25, 0.3) is 11.6 Å². The minimum Gasteiger partial charge on any atom is -0.496 e. The fourth-order valence-electron chi connectivity index (χ4n) is 5.06.